The van der Waals surface area contributed by atoms with E-state index < -0.39 is 48.0 Å². The van der Waals surface area contributed by atoms with Crippen LogP contribution in [0.2, 0.25) is 0 Å². The van der Waals surface area contributed by atoms with Crippen molar-refractivity contribution >= 4 is 0 Å². The molecule has 0 heterocycles. The van der Waals surface area contributed by atoms with Crippen LogP contribution >= 0.6 is 0 Å². The van der Waals surface area contributed by atoms with E-state index in [4.69, 9.17) is 28.8 Å². The third kappa shape index (κ3) is 24.6. The summed E-state index contributed by atoms with van der Waals surface area (Å²) in [5.41, 5.74) is 31.2. The lowest BCUT2D eigenvalue weighted by molar-refractivity contribution is 1.23. The van der Waals surface area contributed by atoms with Crippen molar-refractivity contribution in [3.8, 4) is 55.6 Å². The standard InChI is InChI=1S/3C15H16.2C14H14.2C10H14.C9H12/c1-11-8-9-14(10-13(11)3)15-7-5-4-6-12(15)2;2*1-11-9-15(10-12(2)13(11)3)14-7-5-4-6-8-14;2*1-11-8-9-14(10-12(11)2)13-6-4-3-5-7-13;2*1-7-5-8(2)10(4)9(3)6-7;1-7-5-4-6-8(2)9(7)3/h3*4-10H,1-3H3;2*3-10H,1-2H3;2*5-6H,1-4H3;4-6H,1-3H3/i;1D3,2D3;;2D3;;2D3,3D3;;1D3,2D3. The molecule has 0 atom stereocenters. The number of aryl methyl sites for hydroxylation is 19. The summed E-state index contributed by atoms with van der Waals surface area (Å²) in [4.78, 5) is 0. The fraction of sp³-hybridized carbons (Fsp3) is 0.235. The smallest absolute Gasteiger partial charge is 0.0280 e. The first-order valence-electron chi connectivity index (χ1n) is 45.0. The largest absolute Gasteiger partial charge is 0.0622 e. The predicted molar refractivity (Wildman–Crippen MR) is 452 cm³/mol. The molecule has 13 aromatic carbocycles. The number of rotatable bonds is 5. The molecule has 0 heteroatoms. The Morgan fingerprint density at radius 1 is 0.147 bits per heavy atom. The number of hydrogen-bond acceptors (Lipinski definition) is 0. The van der Waals surface area contributed by atoms with Gasteiger partial charge in [-0.1, -0.05) is 278 Å². The molecule has 0 N–H and O–H groups in total. The van der Waals surface area contributed by atoms with Crippen molar-refractivity contribution in [3.63, 3.8) is 0 Å². The lowest BCUT2D eigenvalue weighted by Gasteiger charge is -2.09. The van der Waals surface area contributed by atoms with Crippen LogP contribution in [0.3, 0.4) is 0 Å². The minimum Gasteiger partial charge on any atom is -0.0622 e. The van der Waals surface area contributed by atoms with Gasteiger partial charge < -0.3 is 0 Å². The van der Waals surface area contributed by atoms with Crippen LogP contribution in [0.25, 0.3) is 55.6 Å². The van der Waals surface area contributed by atoms with E-state index in [1.165, 1.54) is 137 Å². The zero-order valence-corrected chi connectivity index (χ0v) is 62.9. The maximum absolute atomic E-state index is 7.62. The fourth-order valence-corrected chi connectivity index (χ4v) is 10.9. The van der Waals surface area contributed by atoms with Crippen molar-refractivity contribution in [2.45, 2.75) is 166 Å². The Bertz CT molecular complexity index is 5480. The Kier molecular flexibility index (Phi) is 21.3. The Morgan fingerprint density at radius 3 is 0.765 bits per heavy atom. The van der Waals surface area contributed by atoms with E-state index in [-0.39, 0.29) is 33.4 Å². The number of benzene rings is 13. The first-order valence-corrected chi connectivity index (χ1v) is 34.5. The van der Waals surface area contributed by atoms with Gasteiger partial charge in [0.15, 0.2) is 0 Å². The van der Waals surface area contributed by atoms with Gasteiger partial charge >= 0.3 is 0 Å². The van der Waals surface area contributed by atoms with Gasteiger partial charge in [-0.3, -0.25) is 0 Å². The summed E-state index contributed by atoms with van der Waals surface area (Å²) in [6.45, 7) is 18.3. The zero-order valence-electron chi connectivity index (χ0n) is 83.9. The highest BCUT2D eigenvalue weighted by Gasteiger charge is 2.07. The molecule has 0 saturated carbocycles. The van der Waals surface area contributed by atoms with Gasteiger partial charge in [-0.25, -0.2) is 0 Å². The molecule has 0 saturated heterocycles. The Hall–Kier alpha value is -10.1. The lowest BCUT2D eigenvalue weighted by Crippen LogP contribution is -1.88. The van der Waals surface area contributed by atoms with Crippen LogP contribution in [0.5, 0.6) is 0 Å². The molecule has 0 aliphatic carbocycles. The monoisotopic (exact) mass is 1360 g/mol. The summed E-state index contributed by atoms with van der Waals surface area (Å²) in [6, 6.07) is 86.8. The highest BCUT2D eigenvalue weighted by atomic mass is 14.1. The summed E-state index contributed by atoms with van der Waals surface area (Å²) in [6.07, 6.45) is 0. The highest BCUT2D eigenvalue weighted by Crippen LogP contribution is 2.29. The van der Waals surface area contributed by atoms with Gasteiger partial charge in [-0.15, -0.1) is 0 Å². The molecule has 0 aliphatic rings. The van der Waals surface area contributed by atoms with Gasteiger partial charge in [0, 0.05) is 28.8 Å². The van der Waals surface area contributed by atoms with Gasteiger partial charge in [0.25, 0.3) is 0 Å². The van der Waals surface area contributed by atoms with Crippen LogP contribution in [0, 0.1) is 166 Å². The van der Waals surface area contributed by atoms with Crippen LogP contribution in [-0.4, -0.2) is 0 Å². The van der Waals surface area contributed by atoms with Crippen molar-refractivity contribution in [3.05, 3.63) is 400 Å². The minimum atomic E-state index is -2.34. The summed E-state index contributed by atoms with van der Waals surface area (Å²) < 4.78 is 156. The molecular formula is C102H116. The second-order valence-corrected chi connectivity index (χ2v) is 26.3. The van der Waals surface area contributed by atoms with E-state index in [9.17, 15) is 0 Å². The van der Waals surface area contributed by atoms with Crippen LogP contribution in [0.4, 0.5) is 0 Å². The molecule has 13 rings (SSSR count). The van der Waals surface area contributed by atoms with Gasteiger partial charge in [-0.2, -0.15) is 0 Å². The molecule has 0 unspecified atom stereocenters. The van der Waals surface area contributed by atoms with E-state index in [0.29, 0.717) is 33.4 Å². The van der Waals surface area contributed by atoms with Gasteiger partial charge in [-0.05, 0) is 344 Å². The van der Waals surface area contributed by atoms with Gasteiger partial charge in [0.05, 0.1) is 0 Å². The molecular weight excluding hydrogens is 1230 g/mol. The van der Waals surface area contributed by atoms with Crippen molar-refractivity contribution in [2.75, 3.05) is 0 Å². The molecule has 0 amide bonds. The lowest BCUT2D eigenvalue weighted by atomic mass is 9.97. The van der Waals surface area contributed by atoms with Crippen molar-refractivity contribution in [2.24, 2.45) is 0 Å². The highest BCUT2D eigenvalue weighted by molar-refractivity contribution is 5.70. The topological polar surface area (TPSA) is 0 Å². The third-order valence-corrected chi connectivity index (χ3v) is 18.4. The first kappa shape index (κ1) is 54.6. The molecule has 102 heavy (non-hydrogen) atoms. The normalized spacial score (nSPS) is 14.1. The molecule has 0 nitrogen and oxygen atoms in total. The molecule has 13 aromatic rings. The van der Waals surface area contributed by atoms with Crippen LogP contribution in [0.1, 0.15) is 162 Å². The SMILES string of the molecule is Cc1cc(-c2ccccc2)cc(C)c1C.Cc1cc(C)c(C)c(C)c1.Cc1ccc(-c2ccccc2)cc1C.Cc1ccc(-c2ccccc2C)cc1C.[2H]C([2H])([2H])c1cc(-c2ccccc2)cc(C([2H])([2H])[2H])c1C.[2H]C([2H])([2H])c1cc(-c2ccccc2)ccc1C.[2H]C([2H])([2H])c1cc(C)cc(C([2H])([2H])[2H])c1C.[2H]C([2H])([2H])c1cccc(C([2H])([2H])[2H])c1C. The van der Waals surface area contributed by atoms with Crippen LogP contribution < -0.4 is 0 Å². The molecule has 0 spiro atoms. The number of hydrogen-bond donors (Lipinski definition) is 0. The van der Waals surface area contributed by atoms with Gasteiger partial charge in [0.1, 0.15) is 0 Å². The van der Waals surface area contributed by atoms with Gasteiger partial charge in [0.2, 0.25) is 0 Å². The molecule has 0 fully saturated rings. The Balaban J connectivity index is 0.000000219. The minimum absolute atomic E-state index is 0.0926. The third-order valence-electron chi connectivity index (χ3n) is 18.4. The molecule has 0 aliphatic heterocycles. The quantitative estimate of drug-likeness (QED) is 0.161. The second-order valence-electron chi connectivity index (χ2n) is 26.3. The second kappa shape index (κ2) is 39.7. The van der Waals surface area contributed by atoms with Crippen LogP contribution in [0.15, 0.2) is 267 Å². The van der Waals surface area contributed by atoms with Crippen molar-refractivity contribution in [1.29, 1.82) is 0 Å². The average Bonchev–Trinajstić information content (AvgIpc) is 0.772. The molecule has 524 valence electrons. The van der Waals surface area contributed by atoms with E-state index in [1.54, 1.807) is 39.0 Å². The maximum atomic E-state index is 7.62. The first-order chi connectivity index (χ1) is 57.0. The van der Waals surface area contributed by atoms with Crippen molar-refractivity contribution in [1.82, 2.24) is 0 Å². The average molecular weight is 1360 g/mol. The molecule has 0 aromatic heterocycles. The fourth-order valence-electron chi connectivity index (χ4n) is 10.9. The van der Waals surface area contributed by atoms with E-state index >= 15 is 0 Å². The molecule has 0 radical (unpaired) electrons. The Morgan fingerprint density at radius 2 is 0.392 bits per heavy atom. The van der Waals surface area contributed by atoms with E-state index in [1.807, 2.05) is 85.8 Å². The maximum Gasteiger partial charge on any atom is 0.0280 e. The van der Waals surface area contributed by atoms with E-state index in [2.05, 4.69) is 223 Å². The summed E-state index contributed by atoms with van der Waals surface area (Å²) >= 11 is 0. The summed E-state index contributed by atoms with van der Waals surface area (Å²) in [7, 11) is 0. The predicted octanol–water partition coefficient (Wildman–Crippen LogP) is 29.2. The Labute approximate surface area is 647 Å². The summed E-state index contributed by atoms with van der Waals surface area (Å²) in [5, 5.41) is 0. The van der Waals surface area contributed by atoms with Crippen molar-refractivity contribution < 1.29 is 28.8 Å². The van der Waals surface area contributed by atoms with E-state index in [0.717, 1.165) is 22.3 Å². The summed E-state index contributed by atoms with van der Waals surface area (Å²) in [5.74, 6) is 0. The van der Waals surface area contributed by atoms with Crippen LogP contribution in [-0.2, 0) is 0 Å². The zero-order chi connectivity index (χ0) is 92.2. The molecule has 0 bridgehead atoms.